The van der Waals surface area contributed by atoms with Gasteiger partial charge >= 0.3 is 0 Å². The number of rotatable bonds is 5. The van der Waals surface area contributed by atoms with Gasteiger partial charge in [-0.25, -0.2) is 0 Å². The van der Waals surface area contributed by atoms with Crippen molar-refractivity contribution in [2.75, 3.05) is 0 Å². The molecule has 0 bridgehead atoms. The Morgan fingerprint density at radius 1 is 1.65 bits per heavy atom. The van der Waals surface area contributed by atoms with Gasteiger partial charge in [0.2, 0.25) is 5.91 Å². The maximum Gasteiger partial charge on any atom is 0.251 e. The molecule has 1 heterocycles. The van der Waals surface area contributed by atoms with E-state index in [2.05, 4.69) is 10.3 Å². The van der Waals surface area contributed by atoms with Crippen molar-refractivity contribution in [1.29, 1.82) is 0 Å². The fraction of sp³-hybridized carbons (Fsp3) is 0.545. The standard InChI is InChI=1S/C11H17N3O2S/c1-3-8(2)12-9(15)4-6-14-7-5-10(16)13-11(14)17/h5,7-8H,3-4,6H2,1-2H3,(H,12,15)(H,13,16,17). The SMILES string of the molecule is CCC(C)NC(=O)CCn1ccc(=O)[nH]c1=S. The van der Waals surface area contributed by atoms with Crippen molar-refractivity contribution in [1.82, 2.24) is 14.9 Å². The van der Waals surface area contributed by atoms with Crippen LogP contribution in [0.25, 0.3) is 0 Å². The van der Waals surface area contributed by atoms with Crippen molar-refractivity contribution in [2.24, 2.45) is 0 Å². The molecule has 0 saturated heterocycles. The number of nitrogens with zero attached hydrogens (tertiary/aromatic N) is 1. The number of hydrogen-bond donors (Lipinski definition) is 2. The zero-order chi connectivity index (χ0) is 12.8. The minimum Gasteiger partial charge on any atom is -0.354 e. The summed E-state index contributed by atoms with van der Waals surface area (Å²) in [4.78, 5) is 25.0. The van der Waals surface area contributed by atoms with E-state index in [-0.39, 0.29) is 17.5 Å². The number of H-pyrrole nitrogens is 1. The molecular weight excluding hydrogens is 238 g/mol. The number of hydrogen-bond acceptors (Lipinski definition) is 3. The monoisotopic (exact) mass is 255 g/mol. The second kappa shape index (κ2) is 6.34. The van der Waals surface area contributed by atoms with Crippen LogP contribution in [0, 0.1) is 4.77 Å². The van der Waals surface area contributed by atoms with Gasteiger partial charge in [0, 0.05) is 31.3 Å². The van der Waals surface area contributed by atoms with E-state index in [1.807, 2.05) is 13.8 Å². The van der Waals surface area contributed by atoms with Crippen LogP contribution in [0.2, 0.25) is 0 Å². The number of aryl methyl sites for hydroxylation is 1. The molecule has 1 atom stereocenters. The van der Waals surface area contributed by atoms with Crippen LogP contribution in [0.1, 0.15) is 26.7 Å². The molecule has 1 aromatic rings. The van der Waals surface area contributed by atoms with Crippen LogP contribution in [0.5, 0.6) is 0 Å². The van der Waals surface area contributed by atoms with Gasteiger partial charge in [-0.3, -0.25) is 14.6 Å². The smallest absolute Gasteiger partial charge is 0.251 e. The summed E-state index contributed by atoms with van der Waals surface area (Å²) in [6.07, 6.45) is 2.85. The van der Waals surface area contributed by atoms with Gasteiger partial charge in [0.1, 0.15) is 0 Å². The van der Waals surface area contributed by atoms with Crippen LogP contribution in [-0.4, -0.2) is 21.5 Å². The molecule has 0 aliphatic heterocycles. The molecule has 5 nitrogen and oxygen atoms in total. The predicted molar refractivity (Wildman–Crippen MR) is 68.4 cm³/mol. The average molecular weight is 255 g/mol. The minimum absolute atomic E-state index is 0.00699. The molecule has 94 valence electrons. The zero-order valence-electron chi connectivity index (χ0n) is 10.0. The lowest BCUT2D eigenvalue weighted by Crippen LogP contribution is -2.32. The molecular formula is C11H17N3O2S. The molecule has 1 unspecified atom stereocenters. The normalized spacial score (nSPS) is 12.1. The Morgan fingerprint density at radius 2 is 2.35 bits per heavy atom. The second-order valence-corrected chi connectivity index (χ2v) is 4.32. The highest BCUT2D eigenvalue weighted by molar-refractivity contribution is 7.71. The molecule has 17 heavy (non-hydrogen) atoms. The van der Waals surface area contributed by atoms with Crippen molar-refractivity contribution >= 4 is 18.1 Å². The van der Waals surface area contributed by atoms with Gasteiger partial charge < -0.3 is 9.88 Å². The van der Waals surface area contributed by atoms with Gasteiger partial charge in [0.05, 0.1) is 0 Å². The Hall–Kier alpha value is -1.43. The zero-order valence-corrected chi connectivity index (χ0v) is 10.8. The highest BCUT2D eigenvalue weighted by Gasteiger charge is 2.05. The van der Waals surface area contributed by atoms with E-state index >= 15 is 0 Å². The molecule has 0 aromatic carbocycles. The van der Waals surface area contributed by atoms with E-state index in [4.69, 9.17) is 12.2 Å². The van der Waals surface area contributed by atoms with E-state index in [0.29, 0.717) is 17.7 Å². The van der Waals surface area contributed by atoms with Crippen LogP contribution in [0.15, 0.2) is 17.1 Å². The lowest BCUT2D eigenvalue weighted by atomic mass is 10.2. The third-order valence-corrected chi connectivity index (χ3v) is 2.83. The third kappa shape index (κ3) is 4.52. The Bertz CT molecular complexity index is 492. The van der Waals surface area contributed by atoms with Crippen molar-refractivity contribution in [3.63, 3.8) is 0 Å². The first kappa shape index (κ1) is 13.6. The summed E-state index contributed by atoms with van der Waals surface area (Å²) in [6.45, 7) is 4.45. The molecule has 0 saturated carbocycles. The predicted octanol–water partition coefficient (Wildman–Crippen LogP) is 1.21. The number of carbonyl (C=O) groups excluding carboxylic acids is 1. The lowest BCUT2D eigenvalue weighted by Gasteiger charge is -2.11. The molecule has 6 heteroatoms. The largest absolute Gasteiger partial charge is 0.354 e. The first-order valence-electron chi connectivity index (χ1n) is 5.62. The van der Waals surface area contributed by atoms with E-state index in [1.54, 1.807) is 10.8 Å². The Kier molecular flexibility index (Phi) is 5.09. The number of carbonyl (C=O) groups is 1. The van der Waals surface area contributed by atoms with E-state index in [0.717, 1.165) is 6.42 Å². The van der Waals surface area contributed by atoms with E-state index < -0.39 is 0 Å². The van der Waals surface area contributed by atoms with Crippen molar-refractivity contribution in [3.8, 4) is 0 Å². The second-order valence-electron chi connectivity index (χ2n) is 3.93. The fourth-order valence-electron chi connectivity index (χ4n) is 1.29. The summed E-state index contributed by atoms with van der Waals surface area (Å²) in [6, 6.07) is 1.58. The Balaban J connectivity index is 2.53. The first-order valence-corrected chi connectivity index (χ1v) is 6.03. The summed E-state index contributed by atoms with van der Waals surface area (Å²) < 4.78 is 2.02. The third-order valence-electron chi connectivity index (χ3n) is 2.50. The molecule has 1 aromatic heterocycles. The molecule has 1 amide bonds. The topological polar surface area (TPSA) is 66.9 Å². The van der Waals surface area contributed by atoms with E-state index in [1.165, 1.54) is 6.07 Å². The Morgan fingerprint density at radius 3 is 2.94 bits per heavy atom. The van der Waals surface area contributed by atoms with Crippen molar-refractivity contribution in [3.05, 3.63) is 27.4 Å². The van der Waals surface area contributed by atoms with Crippen LogP contribution in [-0.2, 0) is 11.3 Å². The van der Waals surface area contributed by atoms with Gasteiger partial charge in [-0.1, -0.05) is 6.92 Å². The molecule has 0 aliphatic carbocycles. The lowest BCUT2D eigenvalue weighted by molar-refractivity contribution is -0.121. The van der Waals surface area contributed by atoms with E-state index in [9.17, 15) is 9.59 Å². The Labute approximate surface area is 105 Å². The molecule has 0 fully saturated rings. The number of aromatic nitrogens is 2. The van der Waals surface area contributed by atoms with Gasteiger partial charge in [-0.15, -0.1) is 0 Å². The number of aromatic amines is 1. The average Bonchev–Trinajstić information content (AvgIpc) is 2.27. The highest BCUT2D eigenvalue weighted by Crippen LogP contribution is 1.94. The van der Waals surface area contributed by atoms with Crippen LogP contribution in [0.4, 0.5) is 0 Å². The molecule has 0 spiro atoms. The first-order chi connectivity index (χ1) is 8.02. The maximum absolute atomic E-state index is 11.5. The van der Waals surface area contributed by atoms with Crippen molar-refractivity contribution < 1.29 is 4.79 Å². The summed E-state index contributed by atoms with van der Waals surface area (Å²) in [5.74, 6) is -0.00699. The molecule has 2 N–H and O–H groups in total. The summed E-state index contributed by atoms with van der Waals surface area (Å²) >= 11 is 4.98. The summed E-state index contributed by atoms with van der Waals surface area (Å²) in [7, 11) is 0. The number of amides is 1. The summed E-state index contributed by atoms with van der Waals surface area (Å²) in [5, 5.41) is 2.87. The molecule has 0 aliphatic rings. The van der Waals surface area contributed by atoms with Crippen molar-refractivity contribution in [2.45, 2.75) is 39.3 Å². The fourth-order valence-corrected chi connectivity index (χ4v) is 1.54. The van der Waals surface area contributed by atoms with Gasteiger partial charge in [-0.2, -0.15) is 0 Å². The molecule has 0 radical (unpaired) electrons. The number of nitrogens with one attached hydrogen (secondary N) is 2. The van der Waals surface area contributed by atoms with Crippen LogP contribution < -0.4 is 10.9 Å². The molecule has 1 rings (SSSR count). The van der Waals surface area contributed by atoms with Gasteiger partial charge in [0.15, 0.2) is 4.77 Å². The van der Waals surface area contributed by atoms with Gasteiger partial charge in [0.25, 0.3) is 5.56 Å². The summed E-state index contributed by atoms with van der Waals surface area (Å²) in [5.41, 5.74) is -0.227. The van der Waals surface area contributed by atoms with Crippen LogP contribution >= 0.6 is 12.2 Å². The van der Waals surface area contributed by atoms with Crippen LogP contribution in [0.3, 0.4) is 0 Å². The minimum atomic E-state index is -0.227. The van der Waals surface area contributed by atoms with Gasteiger partial charge in [-0.05, 0) is 25.6 Å². The quantitative estimate of drug-likeness (QED) is 0.777. The maximum atomic E-state index is 11.5. The highest BCUT2D eigenvalue weighted by atomic mass is 32.1.